The van der Waals surface area contributed by atoms with Crippen LogP contribution in [-0.4, -0.2) is 15.6 Å². The van der Waals surface area contributed by atoms with Gasteiger partial charge in [-0.25, -0.2) is 4.79 Å². The SMILES string of the molecule is CC(C)N(c1ccc(Cl)cc1)c1cccc2[nH]c(=O)n(C)c12. The number of imidazole rings is 1. The maximum absolute atomic E-state index is 11.9. The number of fused-ring (bicyclic) bond motifs is 1. The molecule has 22 heavy (non-hydrogen) atoms. The van der Waals surface area contributed by atoms with Crippen molar-refractivity contribution < 1.29 is 0 Å². The maximum atomic E-state index is 11.9. The van der Waals surface area contributed by atoms with Crippen LogP contribution in [0.15, 0.2) is 47.3 Å². The van der Waals surface area contributed by atoms with Gasteiger partial charge in [-0.2, -0.15) is 0 Å². The predicted molar refractivity (Wildman–Crippen MR) is 92.3 cm³/mol. The summed E-state index contributed by atoms with van der Waals surface area (Å²) in [6, 6.07) is 13.9. The van der Waals surface area contributed by atoms with E-state index in [4.69, 9.17) is 11.6 Å². The molecular weight excluding hydrogens is 298 g/mol. The van der Waals surface area contributed by atoms with Gasteiger partial charge in [0.1, 0.15) is 0 Å². The molecule has 0 saturated heterocycles. The molecule has 3 aromatic rings. The molecule has 4 nitrogen and oxygen atoms in total. The highest BCUT2D eigenvalue weighted by molar-refractivity contribution is 6.30. The van der Waals surface area contributed by atoms with E-state index in [9.17, 15) is 4.79 Å². The Hall–Kier alpha value is -2.20. The molecule has 0 aliphatic carbocycles. The van der Waals surface area contributed by atoms with Gasteiger partial charge in [0, 0.05) is 23.8 Å². The number of nitrogens with zero attached hydrogens (tertiary/aromatic N) is 2. The van der Waals surface area contributed by atoms with Crippen molar-refractivity contribution >= 4 is 34.0 Å². The first-order chi connectivity index (χ1) is 10.5. The van der Waals surface area contributed by atoms with E-state index in [1.807, 2.05) is 42.5 Å². The highest BCUT2D eigenvalue weighted by Crippen LogP contribution is 2.33. The van der Waals surface area contributed by atoms with Crippen molar-refractivity contribution in [2.45, 2.75) is 19.9 Å². The third kappa shape index (κ3) is 2.40. The van der Waals surface area contributed by atoms with Gasteiger partial charge < -0.3 is 9.88 Å². The summed E-state index contributed by atoms with van der Waals surface area (Å²) in [6.07, 6.45) is 0. The lowest BCUT2D eigenvalue weighted by atomic mass is 10.1. The number of aromatic amines is 1. The van der Waals surface area contributed by atoms with Gasteiger partial charge in [-0.3, -0.25) is 4.57 Å². The summed E-state index contributed by atoms with van der Waals surface area (Å²) in [4.78, 5) is 17.0. The summed E-state index contributed by atoms with van der Waals surface area (Å²) >= 11 is 6.00. The molecule has 5 heteroatoms. The summed E-state index contributed by atoms with van der Waals surface area (Å²) in [5.74, 6) is 0. The molecule has 3 rings (SSSR count). The largest absolute Gasteiger partial charge is 0.337 e. The molecule has 0 unspecified atom stereocenters. The van der Waals surface area contributed by atoms with Crippen LogP contribution >= 0.6 is 11.6 Å². The van der Waals surface area contributed by atoms with Crippen LogP contribution in [0.3, 0.4) is 0 Å². The zero-order valence-corrected chi connectivity index (χ0v) is 13.6. The van der Waals surface area contributed by atoms with Crippen molar-refractivity contribution in [1.82, 2.24) is 9.55 Å². The van der Waals surface area contributed by atoms with E-state index in [0.29, 0.717) is 5.02 Å². The quantitative estimate of drug-likeness (QED) is 0.791. The Labute approximate surface area is 133 Å². The number of aromatic nitrogens is 2. The van der Waals surface area contributed by atoms with Crippen LogP contribution < -0.4 is 10.6 Å². The van der Waals surface area contributed by atoms with Crippen LogP contribution in [0.1, 0.15) is 13.8 Å². The van der Waals surface area contributed by atoms with Crippen molar-refractivity contribution in [3.63, 3.8) is 0 Å². The first-order valence-corrected chi connectivity index (χ1v) is 7.59. The standard InChI is InChI=1S/C17H18ClN3O/c1-11(2)21(13-9-7-12(18)8-10-13)15-6-4-5-14-16(15)20(3)17(22)19-14/h4-11H,1-3H3,(H,19,22). The number of halogens is 1. The minimum Gasteiger partial charge on any atom is -0.337 e. The Morgan fingerprint density at radius 3 is 2.45 bits per heavy atom. The van der Waals surface area contributed by atoms with Crippen molar-refractivity contribution in [3.8, 4) is 0 Å². The molecular formula is C17H18ClN3O. The molecule has 1 N–H and O–H groups in total. The number of para-hydroxylation sites is 1. The van der Waals surface area contributed by atoms with E-state index in [2.05, 4.69) is 23.7 Å². The van der Waals surface area contributed by atoms with Gasteiger partial charge in [-0.05, 0) is 50.2 Å². The van der Waals surface area contributed by atoms with Gasteiger partial charge >= 0.3 is 5.69 Å². The highest BCUT2D eigenvalue weighted by Gasteiger charge is 2.18. The molecule has 0 saturated carbocycles. The normalized spacial score (nSPS) is 11.3. The molecule has 1 aromatic heterocycles. The second-order valence-corrected chi connectivity index (χ2v) is 6.04. The van der Waals surface area contributed by atoms with Crippen molar-refractivity contribution in [1.29, 1.82) is 0 Å². The van der Waals surface area contributed by atoms with E-state index >= 15 is 0 Å². The smallest absolute Gasteiger partial charge is 0.326 e. The predicted octanol–water partition coefficient (Wildman–Crippen LogP) is 4.07. The minimum atomic E-state index is -0.109. The molecule has 114 valence electrons. The zero-order valence-electron chi connectivity index (χ0n) is 12.8. The molecule has 0 spiro atoms. The fourth-order valence-corrected chi connectivity index (χ4v) is 2.92. The van der Waals surface area contributed by atoms with Gasteiger partial charge in [-0.1, -0.05) is 17.7 Å². The Morgan fingerprint density at radius 2 is 1.82 bits per heavy atom. The Morgan fingerprint density at radius 1 is 1.14 bits per heavy atom. The zero-order chi connectivity index (χ0) is 15.9. The summed E-state index contributed by atoms with van der Waals surface area (Å²) in [6.45, 7) is 4.25. The van der Waals surface area contributed by atoms with Crippen LogP contribution in [0.5, 0.6) is 0 Å². The average molecular weight is 316 g/mol. The van der Waals surface area contributed by atoms with Crippen LogP contribution in [0, 0.1) is 0 Å². The topological polar surface area (TPSA) is 41.0 Å². The lowest BCUT2D eigenvalue weighted by Gasteiger charge is -2.30. The highest BCUT2D eigenvalue weighted by atomic mass is 35.5. The number of benzene rings is 2. The van der Waals surface area contributed by atoms with E-state index in [0.717, 1.165) is 22.4 Å². The van der Waals surface area contributed by atoms with E-state index in [1.165, 1.54) is 0 Å². The summed E-state index contributed by atoms with van der Waals surface area (Å²) in [5.41, 5.74) is 3.67. The molecule has 0 bridgehead atoms. The molecule has 0 radical (unpaired) electrons. The fourth-order valence-electron chi connectivity index (χ4n) is 2.80. The second kappa shape index (κ2) is 5.54. The Bertz CT molecular complexity index is 862. The third-order valence-corrected chi connectivity index (χ3v) is 4.03. The summed E-state index contributed by atoms with van der Waals surface area (Å²) in [7, 11) is 1.78. The summed E-state index contributed by atoms with van der Waals surface area (Å²) in [5, 5.41) is 0.708. The van der Waals surface area contributed by atoms with Crippen LogP contribution in [0.25, 0.3) is 11.0 Å². The van der Waals surface area contributed by atoms with Crippen molar-refractivity contribution in [2.75, 3.05) is 4.90 Å². The van der Waals surface area contributed by atoms with Crippen LogP contribution in [-0.2, 0) is 7.05 Å². The first kappa shape index (κ1) is 14.7. The van der Waals surface area contributed by atoms with Gasteiger partial charge in [0.15, 0.2) is 0 Å². The number of anilines is 2. The molecule has 2 aromatic carbocycles. The van der Waals surface area contributed by atoms with E-state index in [-0.39, 0.29) is 11.7 Å². The third-order valence-electron chi connectivity index (χ3n) is 3.78. The van der Waals surface area contributed by atoms with Crippen LogP contribution in [0.2, 0.25) is 5.02 Å². The number of rotatable bonds is 3. The number of H-pyrrole nitrogens is 1. The lowest BCUT2D eigenvalue weighted by Crippen LogP contribution is -2.26. The minimum absolute atomic E-state index is 0.109. The molecule has 0 aliphatic heterocycles. The number of aryl methyl sites for hydroxylation is 1. The van der Waals surface area contributed by atoms with Gasteiger partial charge in [0.2, 0.25) is 0 Å². The maximum Gasteiger partial charge on any atom is 0.326 e. The first-order valence-electron chi connectivity index (χ1n) is 7.21. The van der Waals surface area contributed by atoms with Crippen molar-refractivity contribution in [3.05, 3.63) is 58.0 Å². The monoisotopic (exact) mass is 315 g/mol. The number of hydrogen-bond acceptors (Lipinski definition) is 2. The van der Waals surface area contributed by atoms with Gasteiger partial charge in [0.25, 0.3) is 0 Å². The van der Waals surface area contributed by atoms with Crippen LogP contribution in [0.4, 0.5) is 11.4 Å². The number of nitrogens with one attached hydrogen (secondary N) is 1. The Balaban J connectivity index is 2.25. The van der Waals surface area contributed by atoms with Gasteiger partial charge in [0.05, 0.1) is 16.7 Å². The average Bonchev–Trinajstić information content (AvgIpc) is 2.77. The fraction of sp³-hybridized carbons (Fsp3) is 0.235. The second-order valence-electron chi connectivity index (χ2n) is 5.60. The Kier molecular flexibility index (Phi) is 3.71. The van der Waals surface area contributed by atoms with Crippen molar-refractivity contribution in [2.24, 2.45) is 7.05 Å². The molecule has 0 atom stereocenters. The molecule has 0 aliphatic rings. The summed E-state index contributed by atoms with van der Waals surface area (Å²) < 4.78 is 1.65. The number of hydrogen-bond donors (Lipinski definition) is 1. The van der Waals surface area contributed by atoms with E-state index < -0.39 is 0 Å². The van der Waals surface area contributed by atoms with Gasteiger partial charge in [-0.15, -0.1) is 0 Å². The molecule has 0 amide bonds. The molecule has 0 fully saturated rings. The molecule has 1 heterocycles. The van der Waals surface area contributed by atoms with E-state index in [1.54, 1.807) is 11.6 Å². The lowest BCUT2D eigenvalue weighted by molar-refractivity contribution is 0.787.